The van der Waals surface area contributed by atoms with E-state index in [9.17, 15) is 4.79 Å². The Kier molecular flexibility index (Phi) is 6.87. The Morgan fingerprint density at radius 2 is 2.21 bits per heavy atom. The standard InChI is InChI=1S/C14H20BrNO3/c1-3-19-13-8-7-10(15)9-11(13)12(16)5-4-6-14(17)18-2/h7-9,12H,3-6,16H2,1-2H3. The molecule has 5 heteroatoms. The summed E-state index contributed by atoms with van der Waals surface area (Å²) in [6.45, 7) is 2.54. The Morgan fingerprint density at radius 1 is 1.47 bits per heavy atom. The van der Waals surface area contributed by atoms with Crippen LogP contribution < -0.4 is 10.5 Å². The van der Waals surface area contributed by atoms with Crippen LogP contribution in [0.5, 0.6) is 5.75 Å². The Hall–Kier alpha value is -1.07. The number of rotatable bonds is 7. The fourth-order valence-corrected chi connectivity index (χ4v) is 2.20. The highest BCUT2D eigenvalue weighted by atomic mass is 79.9. The molecule has 19 heavy (non-hydrogen) atoms. The molecule has 1 aromatic carbocycles. The number of halogens is 1. The maximum Gasteiger partial charge on any atom is 0.305 e. The van der Waals surface area contributed by atoms with Crippen molar-refractivity contribution in [3.63, 3.8) is 0 Å². The molecule has 0 amide bonds. The van der Waals surface area contributed by atoms with Crippen LogP contribution in [-0.2, 0) is 9.53 Å². The van der Waals surface area contributed by atoms with Gasteiger partial charge in [-0.3, -0.25) is 4.79 Å². The molecule has 0 aromatic heterocycles. The van der Waals surface area contributed by atoms with E-state index >= 15 is 0 Å². The predicted molar refractivity (Wildman–Crippen MR) is 78.1 cm³/mol. The van der Waals surface area contributed by atoms with Gasteiger partial charge in [-0.2, -0.15) is 0 Å². The van der Waals surface area contributed by atoms with E-state index < -0.39 is 0 Å². The van der Waals surface area contributed by atoms with Crippen molar-refractivity contribution in [3.05, 3.63) is 28.2 Å². The minimum Gasteiger partial charge on any atom is -0.494 e. The minimum absolute atomic E-state index is 0.149. The molecule has 106 valence electrons. The van der Waals surface area contributed by atoms with Crippen LogP contribution in [0.3, 0.4) is 0 Å². The molecule has 0 heterocycles. The molecule has 0 saturated heterocycles. The zero-order valence-electron chi connectivity index (χ0n) is 11.3. The van der Waals surface area contributed by atoms with Gasteiger partial charge in [-0.05, 0) is 38.0 Å². The quantitative estimate of drug-likeness (QED) is 0.780. The highest BCUT2D eigenvalue weighted by molar-refractivity contribution is 9.10. The Bertz CT molecular complexity index is 423. The lowest BCUT2D eigenvalue weighted by Gasteiger charge is -2.16. The van der Waals surface area contributed by atoms with Crippen LogP contribution in [-0.4, -0.2) is 19.7 Å². The van der Waals surface area contributed by atoms with Gasteiger partial charge in [0.25, 0.3) is 0 Å². The number of nitrogens with two attached hydrogens (primary N) is 1. The predicted octanol–water partition coefficient (Wildman–Crippen LogP) is 3.19. The van der Waals surface area contributed by atoms with Gasteiger partial charge in [-0.15, -0.1) is 0 Å². The molecule has 0 spiro atoms. The highest BCUT2D eigenvalue weighted by Crippen LogP contribution is 2.30. The topological polar surface area (TPSA) is 61.5 Å². The summed E-state index contributed by atoms with van der Waals surface area (Å²) in [5.41, 5.74) is 7.13. The lowest BCUT2D eigenvalue weighted by Crippen LogP contribution is -2.13. The van der Waals surface area contributed by atoms with Gasteiger partial charge in [0, 0.05) is 22.5 Å². The third kappa shape index (κ3) is 5.20. The second-order valence-corrected chi connectivity index (χ2v) is 5.11. The second kappa shape index (κ2) is 8.17. The van der Waals surface area contributed by atoms with Crippen molar-refractivity contribution in [2.45, 2.75) is 32.2 Å². The molecule has 4 nitrogen and oxygen atoms in total. The van der Waals surface area contributed by atoms with Gasteiger partial charge in [-0.25, -0.2) is 0 Å². The van der Waals surface area contributed by atoms with E-state index in [1.165, 1.54) is 7.11 Å². The molecular weight excluding hydrogens is 310 g/mol. The molecule has 0 saturated carbocycles. The van der Waals surface area contributed by atoms with Crippen molar-refractivity contribution in [1.29, 1.82) is 0 Å². The Morgan fingerprint density at radius 3 is 2.84 bits per heavy atom. The average Bonchev–Trinajstić information content (AvgIpc) is 2.40. The summed E-state index contributed by atoms with van der Waals surface area (Å²) in [6.07, 6.45) is 1.81. The number of ether oxygens (including phenoxy) is 2. The van der Waals surface area contributed by atoms with E-state index in [0.29, 0.717) is 25.9 Å². The maximum atomic E-state index is 11.1. The van der Waals surface area contributed by atoms with Crippen LogP contribution in [0.2, 0.25) is 0 Å². The maximum absolute atomic E-state index is 11.1. The minimum atomic E-state index is -0.202. The van der Waals surface area contributed by atoms with Crippen LogP contribution in [0.15, 0.2) is 22.7 Å². The van der Waals surface area contributed by atoms with Crippen LogP contribution in [0.4, 0.5) is 0 Å². The average molecular weight is 330 g/mol. The summed E-state index contributed by atoms with van der Waals surface area (Å²) in [6, 6.07) is 5.65. The smallest absolute Gasteiger partial charge is 0.305 e. The summed E-state index contributed by atoms with van der Waals surface area (Å²) < 4.78 is 11.1. The van der Waals surface area contributed by atoms with E-state index in [2.05, 4.69) is 20.7 Å². The Labute approximate surface area is 122 Å². The van der Waals surface area contributed by atoms with Gasteiger partial charge in [0.1, 0.15) is 5.75 Å². The molecule has 2 N–H and O–H groups in total. The normalized spacial score (nSPS) is 12.0. The van der Waals surface area contributed by atoms with E-state index in [1.807, 2.05) is 25.1 Å². The van der Waals surface area contributed by atoms with Crippen molar-refractivity contribution in [1.82, 2.24) is 0 Å². The molecule has 0 aliphatic carbocycles. The molecule has 0 bridgehead atoms. The van der Waals surface area contributed by atoms with Crippen LogP contribution in [0, 0.1) is 0 Å². The molecule has 0 radical (unpaired) electrons. The number of esters is 1. The van der Waals surface area contributed by atoms with Crippen molar-refractivity contribution in [2.75, 3.05) is 13.7 Å². The number of carbonyl (C=O) groups excluding carboxylic acids is 1. The first-order chi connectivity index (χ1) is 9.08. The van der Waals surface area contributed by atoms with Crippen molar-refractivity contribution < 1.29 is 14.3 Å². The zero-order chi connectivity index (χ0) is 14.3. The van der Waals surface area contributed by atoms with E-state index in [0.717, 1.165) is 15.8 Å². The van der Waals surface area contributed by atoms with Gasteiger partial charge in [0.15, 0.2) is 0 Å². The first-order valence-corrected chi connectivity index (χ1v) is 7.12. The summed E-state index contributed by atoms with van der Waals surface area (Å²) >= 11 is 3.43. The first-order valence-electron chi connectivity index (χ1n) is 6.33. The van der Waals surface area contributed by atoms with E-state index in [-0.39, 0.29) is 12.0 Å². The fraction of sp³-hybridized carbons (Fsp3) is 0.500. The summed E-state index contributed by atoms with van der Waals surface area (Å²) in [5, 5.41) is 0. The molecule has 0 aliphatic heterocycles. The molecule has 1 rings (SSSR count). The highest BCUT2D eigenvalue weighted by Gasteiger charge is 2.13. The summed E-state index contributed by atoms with van der Waals surface area (Å²) in [5.74, 6) is 0.600. The van der Waals surface area contributed by atoms with E-state index in [4.69, 9.17) is 10.5 Å². The summed E-state index contributed by atoms with van der Waals surface area (Å²) in [7, 11) is 1.39. The number of methoxy groups -OCH3 is 1. The Balaban J connectivity index is 2.66. The van der Waals surface area contributed by atoms with E-state index in [1.54, 1.807) is 0 Å². The van der Waals surface area contributed by atoms with Crippen molar-refractivity contribution >= 4 is 21.9 Å². The van der Waals surface area contributed by atoms with Crippen molar-refractivity contribution in [2.24, 2.45) is 5.73 Å². The number of hydrogen-bond donors (Lipinski definition) is 1. The molecular formula is C14H20BrNO3. The fourth-order valence-electron chi connectivity index (χ4n) is 1.82. The number of carbonyl (C=O) groups is 1. The lowest BCUT2D eigenvalue weighted by molar-refractivity contribution is -0.140. The van der Waals surface area contributed by atoms with Crippen LogP contribution in [0.25, 0.3) is 0 Å². The molecule has 1 aromatic rings. The third-order valence-electron chi connectivity index (χ3n) is 2.79. The van der Waals surface area contributed by atoms with Crippen LogP contribution in [0.1, 0.15) is 37.8 Å². The zero-order valence-corrected chi connectivity index (χ0v) is 12.9. The van der Waals surface area contributed by atoms with Gasteiger partial charge in [0.2, 0.25) is 0 Å². The molecule has 0 fully saturated rings. The van der Waals surface area contributed by atoms with Gasteiger partial charge >= 0.3 is 5.97 Å². The molecule has 1 unspecified atom stereocenters. The van der Waals surface area contributed by atoms with Gasteiger partial charge in [0.05, 0.1) is 13.7 Å². The van der Waals surface area contributed by atoms with Crippen molar-refractivity contribution in [3.8, 4) is 5.75 Å². The van der Waals surface area contributed by atoms with Crippen LogP contribution >= 0.6 is 15.9 Å². The monoisotopic (exact) mass is 329 g/mol. The number of benzene rings is 1. The SMILES string of the molecule is CCOc1ccc(Br)cc1C(N)CCCC(=O)OC. The van der Waals surface area contributed by atoms with Gasteiger partial charge in [-0.1, -0.05) is 15.9 Å². The third-order valence-corrected chi connectivity index (χ3v) is 3.29. The molecule has 0 aliphatic rings. The molecule has 1 atom stereocenters. The largest absolute Gasteiger partial charge is 0.494 e. The second-order valence-electron chi connectivity index (χ2n) is 4.19. The lowest BCUT2D eigenvalue weighted by atomic mass is 10.0. The first kappa shape index (κ1) is 16.0. The number of hydrogen-bond acceptors (Lipinski definition) is 4. The summed E-state index contributed by atoms with van der Waals surface area (Å²) in [4.78, 5) is 11.1. The van der Waals surface area contributed by atoms with Gasteiger partial charge < -0.3 is 15.2 Å².